The molecule has 0 aromatic heterocycles. The zero-order valence-corrected chi connectivity index (χ0v) is 13.2. The molecule has 22 heavy (non-hydrogen) atoms. The van der Waals surface area contributed by atoms with E-state index in [0.29, 0.717) is 30.9 Å². The van der Waals surface area contributed by atoms with Gasteiger partial charge in [0.2, 0.25) is 0 Å². The molecule has 1 atom stereocenters. The first-order valence-electron chi connectivity index (χ1n) is 7.73. The van der Waals surface area contributed by atoms with Crippen molar-refractivity contribution in [1.29, 1.82) is 0 Å². The fourth-order valence-corrected chi connectivity index (χ4v) is 2.83. The molecule has 5 heteroatoms. The molecule has 0 aliphatic carbocycles. The number of carboxylic acids is 1. The molecule has 1 N–H and O–H groups in total. The van der Waals surface area contributed by atoms with Crippen LogP contribution in [0.2, 0.25) is 0 Å². The first-order valence-corrected chi connectivity index (χ1v) is 7.73. The number of aryl methyl sites for hydroxylation is 1. The average molecular weight is 305 g/mol. The van der Waals surface area contributed by atoms with Gasteiger partial charge in [-0.3, -0.25) is 14.5 Å². The van der Waals surface area contributed by atoms with Crippen LogP contribution in [-0.2, 0) is 4.79 Å². The monoisotopic (exact) mass is 305 g/mol. The highest BCUT2D eigenvalue weighted by Gasteiger charge is 2.27. The number of aliphatic carboxylic acids is 1. The number of carboxylic acid groups (broad SMARTS) is 1. The van der Waals surface area contributed by atoms with Gasteiger partial charge < -0.3 is 9.84 Å². The van der Waals surface area contributed by atoms with E-state index >= 15 is 0 Å². The summed E-state index contributed by atoms with van der Waals surface area (Å²) in [6.07, 6.45) is 1.51. The lowest BCUT2D eigenvalue weighted by Crippen LogP contribution is -2.41. The maximum absolute atomic E-state index is 12.6. The van der Waals surface area contributed by atoms with E-state index < -0.39 is 5.97 Å². The lowest BCUT2D eigenvalue weighted by molar-refractivity contribution is -0.143. The summed E-state index contributed by atoms with van der Waals surface area (Å²) in [5.41, 5.74) is 1.59. The Morgan fingerprint density at radius 2 is 2.18 bits per heavy atom. The van der Waals surface area contributed by atoms with Gasteiger partial charge in [-0.2, -0.15) is 0 Å². The van der Waals surface area contributed by atoms with Crippen LogP contribution in [0.4, 0.5) is 0 Å². The Hall–Kier alpha value is -1.88. The van der Waals surface area contributed by atoms with Gasteiger partial charge in [0.25, 0.3) is 0 Å². The van der Waals surface area contributed by atoms with Crippen LogP contribution in [-0.4, -0.2) is 48.0 Å². The smallest absolute Gasteiger partial charge is 0.307 e. The number of hydrogen-bond donors (Lipinski definition) is 1. The number of nitrogens with zero attached hydrogens (tertiary/aromatic N) is 1. The van der Waals surface area contributed by atoms with E-state index in [9.17, 15) is 9.59 Å². The van der Waals surface area contributed by atoms with Crippen LogP contribution in [0.1, 0.15) is 35.7 Å². The van der Waals surface area contributed by atoms with E-state index in [1.165, 1.54) is 0 Å². The molecule has 1 aromatic rings. The van der Waals surface area contributed by atoms with Crippen LogP contribution in [0, 0.1) is 12.8 Å². The molecule has 1 fully saturated rings. The Morgan fingerprint density at radius 3 is 2.86 bits per heavy atom. The van der Waals surface area contributed by atoms with Gasteiger partial charge >= 0.3 is 5.97 Å². The number of ether oxygens (including phenoxy) is 1. The lowest BCUT2D eigenvalue weighted by Gasteiger charge is -2.30. The number of hydrogen-bond acceptors (Lipinski definition) is 4. The van der Waals surface area contributed by atoms with Crippen molar-refractivity contribution in [1.82, 2.24) is 4.90 Å². The number of Topliss-reactive ketones (excluding diaryl/α,β-unsaturated/α-hetero) is 1. The van der Waals surface area contributed by atoms with Crippen LogP contribution < -0.4 is 4.74 Å². The Morgan fingerprint density at radius 1 is 1.41 bits per heavy atom. The van der Waals surface area contributed by atoms with Crippen molar-refractivity contribution < 1.29 is 19.4 Å². The molecular weight excluding hydrogens is 282 g/mol. The van der Waals surface area contributed by atoms with E-state index in [2.05, 4.69) is 0 Å². The Kier molecular flexibility index (Phi) is 5.55. The van der Waals surface area contributed by atoms with Gasteiger partial charge in [0.1, 0.15) is 5.75 Å². The Balaban J connectivity index is 2.08. The average Bonchev–Trinajstić information content (AvgIpc) is 2.49. The minimum absolute atomic E-state index is 0.0156. The minimum Gasteiger partial charge on any atom is -0.493 e. The fourth-order valence-electron chi connectivity index (χ4n) is 2.83. The van der Waals surface area contributed by atoms with E-state index in [-0.39, 0.29) is 18.2 Å². The summed E-state index contributed by atoms with van der Waals surface area (Å²) < 4.78 is 5.53. The second-order valence-corrected chi connectivity index (χ2v) is 5.77. The highest BCUT2D eigenvalue weighted by molar-refractivity contribution is 6.00. The normalized spacial score (nSPS) is 18.9. The van der Waals surface area contributed by atoms with E-state index in [1.54, 1.807) is 0 Å². The van der Waals surface area contributed by atoms with Gasteiger partial charge in [-0.05, 0) is 45.4 Å². The van der Waals surface area contributed by atoms with E-state index in [1.807, 2.05) is 36.9 Å². The molecule has 120 valence electrons. The molecule has 1 aliphatic rings. The molecule has 0 bridgehead atoms. The number of likely N-dealkylation sites (tertiary alicyclic amines) is 1. The first kappa shape index (κ1) is 16.5. The van der Waals surface area contributed by atoms with Crippen molar-refractivity contribution in [3.63, 3.8) is 0 Å². The largest absolute Gasteiger partial charge is 0.493 e. The van der Waals surface area contributed by atoms with Gasteiger partial charge in [0, 0.05) is 6.54 Å². The minimum atomic E-state index is -0.775. The number of benzene rings is 1. The van der Waals surface area contributed by atoms with Gasteiger partial charge in [-0.1, -0.05) is 11.6 Å². The van der Waals surface area contributed by atoms with Gasteiger partial charge in [-0.15, -0.1) is 0 Å². The number of carbonyl (C=O) groups is 2. The quantitative estimate of drug-likeness (QED) is 0.817. The van der Waals surface area contributed by atoms with Crippen LogP contribution in [0.5, 0.6) is 5.75 Å². The molecule has 1 saturated heterocycles. The second-order valence-electron chi connectivity index (χ2n) is 5.77. The van der Waals surface area contributed by atoms with Gasteiger partial charge in [-0.25, -0.2) is 0 Å². The standard InChI is InChI=1S/C17H23NO4/c1-3-22-16-7-6-12(2)9-14(16)15(19)11-18-8-4-5-13(10-18)17(20)21/h6-7,9,13H,3-5,8,10-11H2,1-2H3,(H,20,21). The molecule has 0 spiro atoms. The molecule has 1 aliphatic heterocycles. The van der Waals surface area contributed by atoms with E-state index in [0.717, 1.165) is 18.5 Å². The zero-order valence-electron chi connectivity index (χ0n) is 13.2. The zero-order chi connectivity index (χ0) is 16.1. The molecule has 1 aromatic carbocycles. The Labute approximate surface area is 130 Å². The predicted molar refractivity (Wildman–Crippen MR) is 83.5 cm³/mol. The number of piperidine rings is 1. The summed E-state index contributed by atoms with van der Waals surface area (Å²) in [7, 11) is 0. The maximum atomic E-state index is 12.6. The first-order chi connectivity index (χ1) is 10.5. The van der Waals surface area contributed by atoms with Crippen molar-refractivity contribution >= 4 is 11.8 Å². The van der Waals surface area contributed by atoms with Gasteiger partial charge in [0.15, 0.2) is 5.78 Å². The lowest BCUT2D eigenvalue weighted by atomic mass is 9.97. The number of rotatable bonds is 6. The van der Waals surface area contributed by atoms with Crippen molar-refractivity contribution in [2.45, 2.75) is 26.7 Å². The molecule has 5 nitrogen and oxygen atoms in total. The van der Waals surface area contributed by atoms with Crippen LogP contribution in [0.15, 0.2) is 18.2 Å². The Bertz CT molecular complexity index is 556. The van der Waals surface area contributed by atoms with E-state index in [4.69, 9.17) is 9.84 Å². The highest BCUT2D eigenvalue weighted by Crippen LogP contribution is 2.22. The molecule has 0 saturated carbocycles. The van der Waals surface area contributed by atoms with Crippen LogP contribution in [0.3, 0.4) is 0 Å². The van der Waals surface area contributed by atoms with Crippen LogP contribution in [0.25, 0.3) is 0 Å². The van der Waals surface area contributed by atoms with Crippen molar-refractivity contribution in [3.05, 3.63) is 29.3 Å². The molecule has 0 radical (unpaired) electrons. The number of carbonyl (C=O) groups excluding carboxylic acids is 1. The third-order valence-corrected chi connectivity index (χ3v) is 3.96. The van der Waals surface area contributed by atoms with Crippen molar-refractivity contribution in [3.8, 4) is 5.75 Å². The topological polar surface area (TPSA) is 66.8 Å². The molecule has 1 unspecified atom stereocenters. The predicted octanol–water partition coefficient (Wildman–Crippen LogP) is 2.37. The second kappa shape index (κ2) is 7.40. The summed E-state index contributed by atoms with van der Waals surface area (Å²) in [5, 5.41) is 9.13. The highest BCUT2D eigenvalue weighted by atomic mass is 16.5. The fraction of sp³-hybridized carbons (Fsp3) is 0.529. The molecular formula is C17H23NO4. The summed E-state index contributed by atoms with van der Waals surface area (Å²) in [6, 6.07) is 5.58. The maximum Gasteiger partial charge on any atom is 0.307 e. The summed E-state index contributed by atoms with van der Waals surface area (Å²) in [4.78, 5) is 25.6. The van der Waals surface area contributed by atoms with Gasteiger partial charge in [0.05, 0.1) is 24.6 Å². The van der Waals surface area contributed by atoms with Crippen molar-refractivity contribution in [2.75, 3.05) is 26.2 Å². The van der Waals surface area contributed by atoms with Crippen molar-refractivity contribution in [2.24, 2.45) is 5.92 Å². The molecule has 0 amide bonds. The van der Waals surface area contributed by atoms with Crippen LogP contribution >= 0.6 is 0 Å². The summed E-state index contributed by atoms with van der Waals surface area (Å²) in [5.74, 6) is -0.559. The number of ketones is 1. The molecule has 2 rings (SSSR count). The summed E-state index contributed by atoms with van der Waals surface area (Å²) in [6.45, 7) is 5.79. The molecule has 1 heterocycles. The SMILES string of the molecule is CCOc1ccc(C)cc1C(=O)CN1CCCC(C(=O)O)C1. The third kappa shape index (κ3) is 4.07. The third-order valence-electron chi connectivity index (χ3n) is 3.96. The summed E-state index contributed by atoms with van der Waals surface area (Å²) >= 11 is 0.